The van der Waals surface area contributed by atoms with Crippen molar-refractivity contribution >= 4 is 11.9 Å². The first-order valence-corrected chi connectivity index (χ1v) is 6.06. The molecule has 0 heterocycles. The smallest absolute Gasteiger partial charge is 0.338 e. The lowest BCUT2D eigenvalue weighted by Crippen LogP contribution is -2.29. The van der Waals surface area contributed by atoms with E-state index in [1.807, 2.05) is 6.07 Å². The number of esters is 2. The van der Waals surface area contributed by atoms with Gasteiger partial charge in [0.25, 0.3) is 0 Å². The van der Waals surface area contributed by atoms with Crippen LogP contribution in [0.3, 0.4) is 0 Å². The Morgan fingerprint density at radius 2 is 1.89 bits per heavy atom. The van der Waals surface area contributed by atoms with Gasteiger partial charge in [-0.05, 0) is 31.4 Å². The largest absolute Gasteiger partial charge is 0.469 e. The van der Waals surface area contributed by atoms with Crippen molar-refractivity contribution in [1.29, 1.82) is 0 Å². The van der Waals surface area contributed by atoms with Crippen LogP contribution in [0.15, 0.2) is 30.3 Å². The Labute approximate surface area is 106 Å². The molecule has 1 fully saturated rings. The maximum Gasteiger partial charge on any atom is 0.338 e. The van der Waals surface area contributed by atoms with Crippen molar-refractivity contribution in [3.8, 4) is 0 Å². The first-order chi connectivity index (χ1) is 8.72. The SMILES string of the molecule is COC(=O)[C@H]1CCC[C@H]1OC(=O)c1ccccc1. The molecule has 0 N–H and O–H groups in total. The van der Waals surface area contributed by atoms with E-state index >= 15 is 0 Å². The number of benzene rings is 1. The van der Waals surface area contributed by atoms with E-state index in [1.165, 1.54) is 7.11 Å². The number of ether oxygens (including phenoxy) is 2. The highest BCUT2D eigenvalue weighted by molar-refractivity contribution is 5.89. The Morgan fingerprint density at radius 1 is 1.17 bits per heavy atom. The lowest BCUT2D eigenvalue weighted by molar-refractivity contribution is -0.148. The minimum atomic E-state index is -0.378. The van der Waals surface area contributed by atoms with Gasteiger partial charge < -0.3 is 9.47 Å². The number of hydrogen-bond donors (Lipinski definition) is 0. The molecule has 96 valence electrons. The topological polar surface area (TPSA) is 52.6 Å². The number of hydrogen-bond acceptors (Lipinski definition) is 4. The second-order valence-corrected chi connectivity index (χ2v) is 4.37. The molecule has 2 rings (SSSR count). The van der Waals surface area contributed by atoms with Crippen molar-refractivity contribution in [3.05, 3.63) is 35.9 Å². The number of carbonyl (C=O) groups excluding carboxylic acids is 2. The molecule has 0 radical (unpaired) electrons. The molecule has 1 aliphatic carbocycles. The standard InChI is InChI=1S/C14H16O4/c1-17-14(16)11-8-5-9-12(11)18-13(15)10-6-3-2-4-7-10/h2-4,6-7,11-12H,5,8-9H2,1H3/t11-,12+/m0/s1. The minimum Gasteiger partial charge on any atom is -0.469 e. The van der Waals surface area contributed by atoms with Gasteiger partial charge in [-0.2, -0.15) is 0 Å². The average Bonchev–Trinajstić information content (AvgIpc) is 2.87. The second-order valence-electron chi connectivity index (χ2n) is 4.37. The third-order valence-corrected chi connectivity index (χ3v) is 3.22. The van der Waals surface area contributed by atoms with E-state index in [2.05, 4.69) is 0 Å². The fourth-order valence-corrected chi connectivity index (χ4v) is 2.27. The van der Waals surface area contributed by atoms with Crippen molar-refractivity contribution in [3.63, 3.8) is 0 Å². The van der Waals surface area contributed by atoms with Crippen LogP contribution < -0.4 is 0 Å². The summed E-state index contributed by atoms with van der Waals surface area (Å²) in [6, 6.07) is 8.80. The lowest BCUT2D eigenvalue weighted by Gasteiger charge is -2.18. The van der Waals surface area contributed by atoms with Gasteiger partial charge in [0.05, 0.1) is 18.6 Å². The van der Waals surface area contributed by atoms with Gasteiger partial charge in [-0.3, -0.25) is 4.79 Å². The molecule has 4 nitrogen and oxygen atoms in total. The zero-order valence-corrected chi connectivity index (χ0v) is 10.3. The van der Waals surface area contributed by atoms with E-state index in [9.17, 15) is 9.59 Å². The quantitative estimate of drug-likeness (QED) is 0.769. The molecule has 0 amide bonds. The van der Waals surface area contributed by atoms with E-state index < -0.39 is 0 Å². The Morgan fingerprint density at radius 3 is 2.56 bits per heavy atom. The first-order valence-electron chi connectivity index (χ1n) is 6.06. The zero-order valence-electron chi connectivity index (χ0n) is 10.3. The summed E-state index contributed by atoms with van der Waals surface area (Å²) < 4.78 is 10.1. The maximum atomic E-state index is 11.9. The van der Waals surface area contributed by atoms with Crippen LogP contribution in [-0.4, -0.2) is 25.2 Å². The Kier molecular flexibility index (Phi) is 3.97. The van der Waals surface area contributed by atoms with E-state index in [0.717, 1.165) is 19.3 Å². The highest BCUT2D eigenvalue weighted by Gasteiger charge is 2.36. The fraction of sp³-hybridized carbons (Fsp3) is 0.429. The van der Waals surface area contributed by atoms with Gasteiger partial charge in [-0.15, -0.1) is 0 Å². The fourth-order valence-electron chi connectivity index (χ4n) is 2.27. The number of carbonyl (C=O) groups is 2. The zero-order chi connectivity index (χ0) is 13.0. The van der Waals surface area contributed by atoms with Gasteiger partial charge in [0.2, 0.25) is 0 Å². The molecule has 1 aromatic rings. The van der Waals surface area contributed by atoms with Crippen LogP contribution in [0.25, 0.3) is 0 Å². The van der Waals surface area contributed by atoms with Gasteiger partial charge in [-0.1, -0.05) is 18.2 Å². The third-order valence-electron chi connectivity index (χ3n) is 3.22. The first kappa shape index (κ1) is 12.6. The summed E-state index contributed by atoms with van der Waals surface area (Å²) in [5.74, 6) is -0.988. The van der Waals surface area contributed by atoms with Crippen LogP contribution in [0.1, 0.15) is 29.6 Å². The van der Waals surface area contributed by atoms with Crippen molar-refractivity contribution in [2.24, 2.45) is 5.92 Å². The molecule has 0 aromatic heterocycles. The molecule has 4 heteroatoms. The molecule has 1 aliphatic rings. The van der Waals surface area contributed by atoms with E-state index in [4.69, 9.17) is 9.47 Å². The lowest BCUT2D eigenvalue weighted by atomic mass is 10.1. The van der Waals surface area contributed by atoms with Crippen molar-refractivity contribution in [1.82, 2.24) is 0 Å². The maximum absolute atomic E-state index is 11.9. The Balaban J connectivity index is 2.01. The molecule has 0 saturated heterocycles. The summed E-state index contributed by atoms with van der Waals surface area (Å²) in [6.45, 7) is 0. The molecule has 2 atom stereocenters. The predicted molar refractivity (Wildman–Crippen MR) is 65.0 cm³/mol. The number of rotatable bonds is 3. The molecular formula is C14H16O4. The molecule has 1 saturated carbocycles. The molecule has 1 aromatic carbocycles. The predicted octanol–water partition coefficient (Wildman–Crippen LogP) is 2.19. The monoisotopic (exact) mass is 248 g/mol. The average molecular weight is 248 g/mol. The highest BCUT2D eigenvalue weighted by atomic mass is 16.6. The summed E-state index contributed by atoms with van der Waals surface area (Å²) in [5, 5.41) is 0. The van der Waals surface area contributed by atoms with Crippen LogP contribution in [0, 0.1) is 5.92 Å². The third kappa shape index (κ3) is 2.70. The van der Waals surface area contributed by atoms with Crippen molar-refractivity contribution in [2.75, 3.05) is 7.11 Å². The van der Waals surface area contributed by atoms with E-state index in [1.54, 1.807) is 24.3 Å². The molecule has 0 bridgehead atoms. The van der Waals surface area contributed by atoms with Crippen LogP contribution in [0.4, 0.5) is 0 Å². The Hall–Kier alpha value is -1.84. The summed E-state index contributed by atoms with van der Waals surface area (Å²) >= 11 is 0. The Bertz CT molecular complexity index is 427. The molecule has 18 heavy (non-hydrogen) atoms. The van der Waals surface area contributed by atoms with Crippen LogP contribution in [0.2, 0.25) is 0 Å². The summed E-state index contributed by atoms with van der Waals surface area (Å²) in [7, 11) is 1.36. The van der Waals surface area contributed by atoms with Crippen molar-refractivity contribution < 1.29 is 19.1 Å². The minimum absolute atomic E-state index is 0.293. The summed E-state index contributed by atoms with van der Waals surface area (Å²) in [4.78, 5) is 23.4. The summed E-state index contributed by atoms with van der Waals surface area (Å²) in [6.07, 6.45) is 1.97. The highest BCUT2D eigenvalue weighted by Crippen LogP contribution is 2.29. The van der Waals surface area contributed by atoms with Crippen LogP contribution in [0.5, 0.6) is 0 Å². The molecular weight excluding hydrogens is 232 g/mol. The van der Waals surface area contributed by atoms with Gasteiger partial charge >= 0.3 is 11.9 Å². The molecule has 0 unspecified atom stereocenters. The van der Waals surface area contributed by atoms with Crippen molar-refractivity contribution in [2.45, 2.75) is 25.4 Å². The van der Waals surface area contributed by atoms with Gasteiger partial charge in [0.1, 0.15) is 6.10 Å². The van der Waals surface area contributed by atoms with Crippen LogP contribution >= 0.6 is 0 Å². The molecule has 0 aliphatic heterocycles. The van der Waals surface area contributed by atoms with Crippen LogP contribution in [-0.2, 0) is 14.3 Å². The second kappa shape index (κ2) is 5.67. The van der Waals surface area contributed by atoms with Gasteiger partial charge in [-0.25, -0.2) is 4.79 Å². The van der Waals surface area contributed by atoms with Gasteiger partial charge in [0, 0.05) is 0 Å². The van der Waals surface area contributed by atoms with E-state index in [-0.39, 0.29) is 24.0 Å². The van der Waals surface area contributed by atoms with E-state index in [0.29, 0.717) is 5.56 Å². The molecule has 0 spiro atoms. The summed E-state index contributed by atoms with van der Waals surface area (Å²) in [5.41, 5.74) is 0.507. The number of methoxy groups -OCH3 is 1. The van der Waals surface area contributed by atoms with Gasteiger partial charge in [0.15, 0.2) is 0 Å². The normalized spacial score (nSPS) is 22.5.